The van der Waals surface area contributed by atoms with Gasteiger partial charge in [-0.3, -0.25) is 9.89 Å². The molecule has 180 valence electrons. The summed E-state index contributed by atoms with van der Waals surface area (Å²) in [5.74, 6) is 1.47. The Morgan fingerprint density at radius 1 is 0.941 bits per heavy atom. The van der Waals surface area contributed by atoms with Gasteiger partial charge >= 0.3 is 0 Å². The van der Waals surface area contributed by atoms with Gasteiger partial charge in [0.25, 0.3) is 5.91 Å². The highest BCUT2D eigenvalue weighted by atomic mass is 16.5. The van der Waals surface area contributed by atoms with E-state index in [4.69, 9.17) is 9.47 Å². The van der Waals surface area contributed by atoms with E-state index in [2.05, 4.69) is 30.1 Å². The first-order valence-electron chi connectivity index (χ1n) is 12.5. The monoisotopic (exact) mass is 461 g/mol. The number of aromatic amines is 1. The van der Waals surface area contributed by atoms with E-state index in [1.165, 1.54) is 0 Å². The minimum Gasteiger partial charge on any atom is -0.490 e. The molecule has 6 nitrogen and oxygen atoms in total. The lowest BCUT2D eigenvalue weighted by molar-refractivity contribution is 0.0740. The average Bonchev–Trinajstić information content (AvgIpc) is 3.40. The molecule has 0 saturated heterocycles. The van der Waals surface area contributed by atoms with Gasteiger partial charge in [-0.25, -0.2) is 0 Å². The summed E-state index contributed by atoms with van der Waals surface area (Å²) in [6.45, 7) is 8.20. The number of carbonyl (C=O) groups is 1. The average molecular weight is 462 g/mol. The molecule has 1 unspecified atom stereocenters. The molecule has 0 aliphatic carbocycles. The topological polar surface area (TPSA) is 67.5 Å². The number of unbranched alkanes of at least 4 members (excludes halogenated alkanes) is 3. The number of ether oxygens (including phenoxy) is 2. The van der Waals surface area contributed by atoms with Gasteiger partial charge in [-0.1, -0.05) is 69.5 Å². The van der Waals surface area contributed by atoms with Crippen LogP contribution in [0.2, 0.25) is 0 Å². The predicted octanol–water partition coefficient (Wildman–Crippen LogP) is 6.39. The fourth-order valence-electron chi connectivity index (χ4n) is 4.53. The second-order valence-corrected chi connectivity index (χ2v) is 8.68. The molecule has 1 aliphatic heterocycles. The molecule has 3 aromatic rings. The van der Waals surface area contributed by atoms with Gasteiger partial charge in [0.2, 0.25) is 0 Å². The van der Waals surface area contributed by atoms with Gasteiger partial charge in [-0.05, 0) is 37.5 Å². The number of rotatable bonds is 12. The van der Waals surface area contributed by atoms with Crippen LogP contribution in [0.15, 0.2) is 48.5 Å². The van der Waals surface area contributed by atoms with E-state index in [0.717, 1.165) is 66.0 Å². The Labute approximate surface area is 202 Å². The summed E-state index contributed by atoms with van der Waals surface area (Å²) in [7, 11) is 0. The SMILES string of the molecule is CCCCCN1C(=O)c2[nH]nc(-c3ccccc3)c2C1c1ccc(OCCCC)c(OCC)c1. The molecular weight excluding hydrogens is 426 g/mol. The Bertz CT molecular complexity index is 1090. The van der Waals surface area contributed by atoms with Gasteiger partial charge in [0.15, 0.2) is 11.5 Å². The highest BCUT2D eigenvalue weighted by Crippen LogP contribution is 2.44. The molecule has 34 heavy (non-hydrogen) atoms. The van der Waals surface area contributed by atoms with Crippen molar-refractivity contribution in [2.24, 2.45) is 0 Å². The number of aromatic nitrogens is 2. The first-order valence-corrected chi connectivity index (χ1v) is 12.5. The fraction of sp³-hybridized carbons (Fsp3) is 0.429. The first kappa shape index (κ1) is 23.9. The van der Waals surface area contributed by atoms with E-state index in [1.807, 2.05) is 54.3 Å². The minimum atomic E-state index is -0.225. The highest BCUT2D eigenvalue weighted by molar-refractivity contribution is 6.00. The van der Waals surface area contributed by atoms with Crippen molar-refractivity contribution >= 4 is 5.91 Å². The van der Waals surface area contributed by atoms with E-state index in [1.54, 1.807) is 0 Å². The Morgan fingerprint density at radius 2 is 1.74 bits per heavy atom. The third kappa shape index (κ3) is 4.81. The molecule has 0 fully saturated rings. The Hall–Kier alpha value is -3.28. The molecular formula is C28H35N3O3. The molecule has 0 radical (unpaired) electrons. The summed E-state index contributed by atoms with van der Waals surface area (Å²) in [5, 5.41) is 7.61. The van der Waals surface area contributed by atoms with Crippen molar-refractivity contribution in [2.45, 2.75) is 58.9 Å². The van der Waals surface area contributed by atoms with Gasteiger partial charge < -0.3 is 14.4 Å². The molecule has 2 aromatic carbocycles. The van der Waals surface area contributed by atoms with Crippen LogP contribution < -0.4 is 9.47 Å². The molecule has 1 amide bonds. The number of nitrogens with one attached hydrogen (secondary N) is 1. The number of hydrogen-bond donors (Lipinski definition) is 1. The van der Waals surface area contributed by atoms with Crippen LogP contribution in [0.5, 0.6) is 11.5 Å². The van der Waals surface area contributed by atoms with Gasteiger partial charge in [-0.2, -0.15) is 5.10 Å². The molecule has 0 saturated carbocycles. The van der Waals surface area contributed by atoms with Gasteiger partial charge in [-0.15, -0.1) is 0 Å². The van der Waals surface area contributed by atoms with Crippen LogP contribution in [0.1, 0.15) is 80.5 Å². The first-order chi connectivity index (χ1) is 16.7. The van der Waals surface area contributed by atoms with Crippen LogP contribution in [0.25, 0.3) is 11.3 Å². The number of H-pyrrole nitrogens is 1. The van der Waals surface area contributed by atoms with Crippen molar-refractivity contribution in [1.29, 1.82) is 0 Å². The Balaban J connectivity index is 1.77. The zero-order valence-electron chi connectivity index (χ0n) is 20.5. The lowest BCUT2D eigenvalue weighted by Gasteiger charge is -2.27. The van der Waals surface area contributed by atoms with E-state index in [9.17, 15) is 4.79 Å². The minimum absolute atomic E-state index is 0.00650. The largest absolute Gasteiger partial charge is 0.490 e. The molecule has 1 aromatic heterocycles. The number of benzene rings is 2. The predicted molar refractivity (Wildman–Crippen MR) is 134 cm³/mol. The molecule has 1 aliphatic rings. The Kier molecular flexibility index (Phi) is 7.88. The third-order valence-corrected chi connectivity index (χ3v) is 6.25. The summed E-state index contributed by atoms with van der Waals surface area (Å²) in [4.78, 5) is 15.4. The summed E-state index contributed by atoms with van der Waals surface area (Å²) in [6.07, 6.45) is 5.22. The van der Waals surface area contributed by atoms with Gasteiger partial charge in [0.05, 0.1) is 24.9 Å². The summed E-state index contributed by atoms with van der Waals surface area (Å²) in [6, 6.07) is 15.9. The summed E-state index contributed by atoms with van der Waals surface area (Å²) in [5.41, 5.74) is 4.36. The van der Waals surface area contributed by atoms with Crippen molar-refractivity contribution in [2.75, 3.05) is 19.8 Å². The van der Waals surface area contributed by atoms with Crippen molar-refractivity contribution in [3.63, 3.8) is 0 Å². The smallest absolute Gasteiger partial charge is 0.273 e. The number of amides is 1. The van der Waals surface area contributed by atoms with Crippen LogP contribution in [-0.2, 0) is 0 Å². The van der Waals surface area contributed by atoms with Crippen LogP contribution in [0, 0.1) is 0 Å². The van der Waals surface area contributed by atoms with Crippen LogP contribution in [0.4, 0.5) is 0 Å². The number of carbonyl (C=O) groups excluding carboxylic acids is 1. The van der Waals surface area contributed by atoms with E-state index in [0.29, 0.717) is 25.5 Å². The second kappa shape index (κ2) is 11.2. The molecule has 1 atom stereocenters. The van der Waals surface area contributed by atoms with Gasteiger partial charge in [0, 0.05) is 17.7 Å². The Morgan fingerprint density at radius 3 is 2.47 bits per heavy atom. The molecule has 6 heteroatoms. The lowest BCUT2D eigenvalue weighted by atomic mass is 9.95. The fourth-order valence-corrected chi connectivity index (χ4v) is 4.53. The van der Waals surface area contributed by atoms with E-state index < -0.39 is 0 Å². The maximum absolute atomic E-state index is 13.5. The number of nitrogens with zero attached hydrogens (tertiary/aromatic N) is 2. The van der Waals surface area contributed by atoms with Crippen LogP contribution in [0.3, 0.4) is 0 Å². The van der Waals surface area contributed by atoms with E-state index >= 15 is 0 Å². The standard InChI is InChI=1S/C28H35N3O3/c1-4-7-12-17-31-27(21-15-16-22(34-18-8-5-2)23(19-21)33-6-3)24-25(20-13-10-9-11-14-20)29-30-26(24)28(31)32/h9-11,13-16,19,27H,4-8,12,17-18H2,1-3H3,(H,29,30). The maximum Gasteiger partial charge on any atom is 0.273 e. The molecule has 2 heterocycles. The van der Waals surface area contributed by atoms with Crippen molar-refractivity contribution < 1.29 is 14.3 Å². The van der Waals surface area contributed by atoms with Gasteiger partial charge in [0.1, 0.15) is 5.69 Å². The lowest BCUT2D eigenvalue weighted by Crippen LogP contribution is -2.30. The summed E-state index contributed by atoms with van der Waals surface area (Å²) < 4.78 is 12.0. The zero-order valence-corrected chi connectivity index (χ0v) is 20.5. The molecule has 0 bridgehead atoms. The highest BCUT2D eigenvalue weighted by Gasteiger charge is 2.42. The van der Waals surface area contributed by atoms with Crippen molar-refractivity contribution in [1.82, 2.24) is 15.1 Å². The van der Waals surface area contributed by atoms with Crippen molar-refractivity contribution in [3.05, 3.63) is 65.4 Å². The van der Waals surface area contributed by atoms with Crippen molar-refractivity contribution in [3.8, 4) is 22.8 Å². The number of hydrogen-bond acceptors (Lipinski definition) is 4. The van der Waals surface area contributed by atoms with E-state index in [-0.39, 0.29) is 11.9 Å². The second-order valence-electron chi connectivity index (χ2n) is 8.68. The third-order valence-electron chi connectivity index (χ3n) is 6.25. The number of fused-ring (bicyclic) bond motifs is 1. The quantitative estimate of drug-likeness (QED) is 0.317. The summed E-state index contributed by atoms with van der Waals surface area (Å²) >= 11 is 0. The molecule has 1 N–H and O–H groups in total. The maximum atomic E-state index is 13.5. The molecule has 0 spiro atoms. The normalized spacial score (nSPS) is 15.0. The van der Waals surface area contributed by atoms with Crippen LogP contribution in [-0.4, -0.2) is 40.8 Å². The molecule has 4 rings (SSSR count). The van der Waals surface area contributed by atoms with Crippen LogP contribution >= 0.6 is 0 Å². The zero-order chi connectivity index (χ0) is 23.9.